The summed E-state index contributed by atoms with van der Waals surface area (Å²) >= 11 is 0. The maximum atomic E-state index is 13.2. The highest BCUT2D eigenvalue weighted by atomic mass is 16.3. The number of aryl methyl sites for hydroxylation is 1. The lowest BCUT2D eigenvalue weighted by Gasteiger charge is -2.27. The average molecular weight is 595 g/mol. The predicted octanol–water partition coefficient (Wildman–Crippen LogP) is 2.96. The fraction of sp³-hybridized carbons (Fsp3) is 0.485. The number of unbranched alkanes of at least 4 members (excludes halogenated alkanes) is 1. The number of phenols is 1. The van der Waals surface area contributed by atoms with Crippen LogP contribution in [0.15, 0.2) is 54.6 Å². The van der Waals surface area contributed by atoms with Crippen molar-refractivity contribution in [1.82, 2.24) is 21.3 Å². The van der Waals surface area contributed by atoms with Crippen LogP contribution in [0.1, 0.15) is 71.4 Å². The molecule has 0 spiro atoms. The molecule has 2 aromatic rings. The summed E-state index contributed by atoms with van der Waals surface area (Å²) in [5.41, 5.74) is 1.93. The van der Waals surface area contributed by atoms with Gasteiger partial charge >= 0.3 is 0 Å². The maximum Gasteiger partial charge on any atom is 0.243 e. The number of carbonyl (C=O) groups is 5. The number of benzene rings is 2. The zero-order chi connectivity index (χ0) is 31.9. The van der Waals surface area contributed by atoms with E-state index in [-0.39, 0.29) is 23.9 Å². The normalized spacial score (nSPS) is 13.7. The van der Waals surface area contributed by atoms with E-state index in [1.54, 1.807) is 26.0 Å². The van der Waals surface area contributed by atoms with Gasteiger partial charge in [0, 0.05) is 19.8 Å². The van der Waals surface area contributed by atoms with Crippen molar-refractivity contribution in [2.45, 2.75) is 97.3 Å². The van der Waals surface area contributed by atoms with E-state index in [0.717, 1.165) is 12.8 Å². The van der Waals surface area contributed by atoms with Crippen LogP contribution in [0, 0.1) is 5.92 Å². The fourth-order valence-corrected chi connectivity index (χ4v) is 4.63. The van der Waals surface area contributed by atoms with Crippen molar-refractivity contribution in [3.8, 4) is 5.75 Å². The third-order valence-corrected chi connectivity index (χ3v) is 7.16. The largest absolute Gasteiger partial charge is 0.508 e. The third kappa shape index (κ3) is 12.3. The Morgan fingerprint density at radius 2 is 1.37 bits per heavy atom. The van der Waals surface area contributed by atoms with Crippen LogP contribution in [0.2, 0.25) is 0 Å². The first-order valence-electron chi connectivity index (χ1n) is 14.9. The molecule has 0 fully saturated rings. The Kier molecular flexibility index (Phi) is 14.4. The van der Waals surface area contributed by atoms with E-state index in [0.29, 0.717) is 24.8 Å². The molecule has 4 atom stereocenters. The Hall–Kier alpha value is -4.21. The van der Waals surface area contributed by atoms with Gasteiger partial charge in [0.05, 0.1) is 6.04 Å². The summed E-state index contributed by atoms with van der Waals surface area (Å²) in [4.78, 5) is 63.8. The standard InChI is InChI=1S/C33H46N4O6/c1-6-27(29(40)15-11-10-14-24-12-8-7-9-13-24)36-31(41)22(4)34-33(43)30(21(2)3)37-32(42)28(35-23(5)38)20-25-16-18-26(39)19-17-25/h7-9,12-13,16-19,21-22,27-28,30,39H,6,10-11,14-15,20H2,1-5H3,(H,34,43)(H,35,38)(H,36,41)(H,37,42)/t22-,27?,28-,30-/m0/s1. The van der Waals surface area contributed by atoms with Gasteiger partial charge in [-0.05, 0) is 61.8 Å². The van der Waals surface area contributed by atoms with Crippen LogP contribution in [0.3, 0.4) is 0 Å². The van der Waals surface area contributed by atoms with E-state index < -0.39 is 47.8 Å². The Balaban J connectivity index is 1.93. The summed E-state index contributed by atoms with van der Waals surface area (Å²) in [6, 6.07) is 12.8. The molecule has 4 amide bonds. The molecule has 0 heterocycles. The van der Waals surface area contributed by atoms with Crippen LogP contribution in [-0.2, 0) is 36.8 Å². The van der Waals surface area contributed by atoms with Crippen LogP contribution < -0.4 is 21.3 Å². The second-order valence-electron chi connectivity index (χ2n) is 11.2. The van der Waals surface area contributed by atoms with Crippen LogP contribution in [0.25, 0.3) is 0 Å². The molecule has 2 rings (SSSR count). The van der Waals surface area contributed by atoms with Crippen molar-refractivity contribution in [3.05, 3.63) is 65.7 Å². The number of rotatable bonds is 17. The topological polar surface area (TPSA) is 154 Å². The minimum atomic E-state index is -0.980. The lowest BCUT2D eigenvalue weighted by Crippen LogP contribution is -2.58. The first-order valence-corrected chi connectivity index (χ1v) is 14.9. The summed E-state index contributed by atoms with van der Waals surface area (Å²) in [5.74, 6) is -2.32. The molecule has 234 valence electrons. The van der Waals surface area contributed by atoms with Gasteiger partial charge in [-0.15, -0.1) is 0 Å². The molecule has 0 saturated heterocycles. The van der Waals surface area contributed by atoms with Gasteiger partial charge in [0.1, 0.15) is 23.9 Å². The molecule has 10 nitrogen and oxygen atoms in total. The van der Waals surface area contributed by atoms with Crippen molar-refractivity contribution in [2.24, 2.45) is 5.92 Å². The molecule has 0 aliphatic rings. The molecule has 0 saturated carbocycles. The highest BCUT2D eigenvalue weighted by Crippen LogP contribution is 2.13. The van der Waals surface area contributed by atoms with Crippen molar-refractivity contribution < 1.29 is 29.1 Å². The highest BCUT2D eigenvalue weighted by Gasteiger charge is 2.31. The van der Waals surface area contributed by atoms with Crippen LogP contribution in [0.5, 0.6) is 5.75 Å². The number of Topliss-reactive ketones (excluding diaryl/α,β-unsaturated/α-hetero) is 1. The summed E-state index contributed by atoms with van der Waals surface area (Å²) < 4.78 is 0. The average Bonchev–Trinajstić information content (AvgIpc) is 2.97. The summed E-state index contributed by atoms with van der Waals surface area (Å²) in [7, 11) is 0. The van der Waals surface area contributed by atoms with Gasteiger partial charge in [0.15, 0.2) is 5.78 Å². The van der Waals surface area contributed by atoms with E-state index in [4.69, 9.17) is 0 Å². The SMILES string of the molecule is CCC(NC(=O)[C@H](C)NC(=O)[C@@H](NC(=O)[C@H](Cc1ccc(O)cc1)NC(C)=O)C(C)C)C(=O)CCCCc1ccccc1. The van der Waals surface area contributed by atoms with E-state index in [2.05, 4.69) is 33.4 Å². The van der Waals surface area contributed by atoms with Gasteiger partial charge in [-0.3, -0.25) is 24.0 Å². The molecule has 2 aromatic carbocycles. The Labute approximate surface area is 254 Å². The lowest BCUT2D eigenvalue weighted by atomic mass is 10.00. The lowest BCUT2D eigenvalue weighted by molar-refractivity contribution is -0.134. The number of hydrogen-bond acceptors (Lipinski definition) is 6. The molecule has 0 bridgehead atoms. The maximum absolute atomic E-state index is 13.2. The Morgan fingerprint density at radius 3 is 1.95 bits per heavy atom. The van der Waals surface area contributed by atoms with Crippen molar-refractivity contribution in [3.63, 3.8) is 0 Å². The highest BCUT2D eigenvalue weighted by molar-refractivity contribution is 5.95. The van der Waals surface area contributed by atoms with Gasteiger partial charge < -0.3 is 26.4 Å². The molecule has 5 N–H and O–H groups in total. The summed E-state index contributed by atoms with van der Waals surface area (Å²) in [6.07, 6.45) is 3.40. The number of hydrogen-bond donors (Lipinski definition) is 5. The number of carbonyl (C=O) groups excluding carboxylic acids is 5. The van der Waals surface area contributed by atoms with Gasteiger partial charge in [-0.25, -0.2) is 0 Å². The number of amides is 4. The van der Waals surface area contributed by atoms with Crippen molar-refractivity contribution in [1.29, 1.82) is 0 Å². The van der Waals surface area contributed by atoms with E-state index in [9.17, 15) is 29.1 Å². The Bertz CT molecular complexity index is 1220. The smallest absolute Gasteiger partial charge is 0.243 e. The second kappa shape index (κ2) is 17.7. The van der Waals surface area contributed by atoms with Gasteiger partial charge in [-0.2, -0.15) is 0 Å². The monoisotopic (exact) mass is 594 g/mol. The van der Waals surface area contributed by atoms with Crippen LogP contribution in [0.4, 0.5) is 0 Å². The molecule has 0 radical (unpaired) electrons. The molecule has 0 aliphatic heterocycles. The second-order valence-corrected chi connectivity index (χ2v) is 11.2. The fourth-order valence-electron chi connectivity index (χ4n) is 4.63. The molecule has 43 heavy (non-hydrogen) atoms. The molecule has 1 unspecified atom stereocenters. The molecule has 10 heteroatoms. The number of aromatic hydroxyl groups is 1. The number of nitrogens with one attached hydrogen (secondary N) is 4. The molecular formula is C33H46N4O6. The van der Waals surface area contributed by atoms with Crippen LogP contribution in [-0.4, -0.2) is 58.7 Å². The van der Waals surface area contributed by atoms with E-state index in [1.807, 2.05) is 25.1 Å². The summed E-state index contributed by atoms with van der Waals surface area (Å²) in [6.45, 7) is 8.15. The zero-order valence-corrected chi connectivity index (χ0v) is 25.8. The van der Waals surface area contributed by atoms with E-state index in [1.165, 1.54) is 31.5 Å². The first-order chi connectivity index (χ1) is 20.4. The quantitative estimate of drug-likeness (QED) is 0.178. The van der Waals surface area contributed by atoms with E-state index >= 15 is 0 Å². The van der Waals surface area contributed by atoms with Gasteiger partial charge in [0.2, 0.25) is 23.6 Å². The predicted molar refractivity (Wildman–Crippen MR) is 165 cm³/mol. The van der Waals surface area contributed by atoms with Gasteiger partial charge in [-0.1, -0.05) is 63.2 Å². The molecule has 0 aromatic heterocycles. The zero-order valence-electron chi connectivity index (χ0n) is 25.8. The summed E-state index contributed by atoms with van der Waals surface area (Å²) in [5, 5.41) is 20.2. The minimum absolute atomic E-state index is 0.0487. The first kappa shape index (κ1) is 35.0. The minimum Gasteiger partial charge on any atom is -0.508 e. The van der Waals surface area contributed by atoms with Crippen LogP contribution >= 0.6 is 0 Å². The third-order valence-electron chi connectivity index (χ3n) is 7.16. The number of ketones is 1. The van der Waals surface area contributed by atoms with Crippen molar-refractivity contribution >= 4 is 29.4 Å². The van der Waals surface area contributed by atoms with Gasteiger partial charge in [0.25, 0.3) is 0 Å². The Morgan fingerprint density at radius 1 is 0.721 bits per heavy atom. The number of phenolic OH excluding ortho intramolecular Hbond substituents is 1. The van der Waals surface area contributed by atoms with Crippen molar-refractivity contribution in [2.75, 3.05) is 0 Å². The molecular weight excluding hydrogens is 548 g/mol. The molecule has 0 aliphatic carbocycles.